The minimum absolute atomic E-state index is 0.395. The van der Waals surface area contributed by atoms with Crippen LogP contribution in [-0.4, -0.2) is 23.1 Å². The van der Waals surface area contributed by atoms with Crippen LogP contribution in [0.5, 0.6) is 0 Å². The van der Waals surface area contributed by atoms with Crippen molar-refractivity contribution in [2.45, 2.75) is 103 Å². The normalized spacial score (nSPS) is 13.7. The first-order valence-electron chi connectivity index (χ1n) is 8.87. The molecule has 1 atom stereocenters. The van der Waals surface area contributed by atoms with E-state index in [4.69, 9.17) is 0 Å². The smallest absolute Gasteiger partial charge is 0.0158 e. The molecule has 0 fully saturated rings. The van der Waals surface area contributed by atoms with Gasteiger partial charge < -0.3 is 5.32 Å². The summed E-state index contributed by atoms with van der Waals surface area (Å²) in [5.41, 5.74) is 0. The average molecular weight is 302 g/mol. The van der Waals surface area contributed by atoms with Crippen molar-refractivity contribution in [2.24, 2.45) is 0 Å². The van der Waals surface area contributed by atoms with Crippen LogP contribution >= 0.6 is 11.8 Å². The van der Waals surface area contributed by atoms with Crippen LogP contribution in [0.15, 0.2) is 0 Å². The third-order valence-corrected chi connectivity index (χ3v) is 4.99. The highest BCUT2D eigenvalue weighted by Gasteiger charge is 2.15. The van der Waals surface area contributed by atoms with Crippen molar-refractivity contribution in [3.05, 3.63) is 0 Å². The van der Waals surface area contributed by atoms with Crippen molar-refractivity contribution in [1.82, 2.24) is 5.32 Å². The van der Waals surface area contributed by atoms with Crippen molar-refractivity contribution in [2.75, 3.05) is 12.3 Å². The quantitative estimate of drug-likeness (QED) is 0.417. The van der Waals surface area contributed by atoms with Gasteiger partial charge in [0.25, 0.3) is 0 Å². The second-order valence-electron chi connectivity index (χ2n) is 6.98. The first-order valence-corrected chi connectivity index (χ1v) is 9.85. The van der Waals surface area contributed by atoms with Gasteiger partial charge in [0.1, 0.15) is 0 Å². The molecule has 0 amide bonds. The molecule has 0 aromatic rings. The van der Waals surface area contributed by atoms with Crippen LogP contribution in [0.25, 0.3) is 0 Å². The average Bonchev–Trinajstić information content (AvgIpc) is 2.39. The Morgan fingerprint density at radius 2 is 1.45 bits per heavy atom. The molecule has 0 saturated carbocycles. The Hall–Kier alpha value is 0.310. The van der Waals surface area contributed by atoms with Crippen LogP contribution in [0.2, 0.25) is 0 Å². The van der Waals surface area contributed by atoms with Gasteiger partial charge in [-0.2, -0.15) is 11.8 Å². The second-order valence-corrected chi connectivity index (χ2v) is 8.83. The molecule has 0 radical (unpaired) electrons. The fourth-order valence-electron chi connectivity index (χ4n) is 2.29. The predicted molar refractivity (Wildman–Crippen MR) is 96.9 cm³/mol. The zero-order valence-electron chi connectivity index (χ0n) is 14.8. The van der Waals surface area contributed by atoms with Gasteiger partial charge in [0, 0.05) is 16.5 Å². The number of thioether (sulfide) groups is 1. The molecule has 0 aliphatic heterocycles. The van der Waals surface area contributed by atoms with E-state index in [1.54, 1.807) is 0 Å². The van der Waals surface area contributed by atoms with E-state index in [9.17, 15) is 0 Å². The van der Waals surface area contributed by atoms with Crippen molar-refractivity contribution < 1.29 is 0 Å². The molecule has 0 aromatic heterocycles. The number of hydrogen-bond acceptors (Lipinski definition) is 2. The van der Waals surface area contributed by atoms with Crippen LogP contribution < -0.4 is 5.32 Å². The maximum absolute atomic E-state index is 3.73. The van der Waals surface area contributed by atoms with Gasteiger partial charge in [-0.25, -0.2) is 0 Å². The largest absolute Gasteiger partial charge is 0.313 e. The van der Waals surface area contributed by atoms with Crippen LogP contribution in [-0.2, 0) is 0 Å². The summed E-state index contributed by atoms with van der Waals surface area (Å²) in [6.45, 7) is 12.7. The van der Waals surface area contributed by atoms with Gasteiger partial charge in [0.2, 0.25) is 0 Å². The third-order valence-electron chi connectivity index (χ3n) is 3.56. The van der Waals surface area contributed by atoms with Crippen molar-refractivity contribution in [3.8, 4) is 0 Å². The van der Waals surface area contributed by atoms with Crippen molar-refractivity contribution >= 4 is 11.8 Å². The summed E-state index contributed by atoms with van der Waals surface area (Å²) in [7, 11) is 0. The molecular weight excluding hydrogens is 262 g/mol. The molecule has 20 heavy (non-hydrogen) atoms. The zero-order chi connectivity index (χ0) is 15.3. The summed E-state index contributed by atoms with van der Waals surface area (Å²) >= 11 is 2.10. The lowest BCUT2D eigenvalue weighted by Crippen LogP contribution is -2.33. The van der Waals surface area contributed by atoms with E-state index in [0.717, 1.165) is 6.04 Å². The number of hydrogen-bond donors (Lipinski definition) is 1. The number of nitrogens with one attached hydrogen (secondary N) is 1. The second kappa shape index (κ2) is 13.0. The van der Waals surface area contributed by atoms with Gasteiger partial charge in [-0.15, -0.1) is 0 Å². The molecule has 0 bridgehead atoms. The number of unbranched alkanes of at least 4 members (excludes halogenated alkanes) is 6. The Labute approximate surface area is 133 Å². The highest BCUT2D eigenvalue weighted by atomic mass is 32.2. The zero-order valence-corrected chi connectivity index (χ0v) is 15.6. The van der Waals surface area contributed by atoms with Crippen molar-refractivity contribution in [1.29, 1.82) is 0 Å². The fourth-order valence-corrected chi connectivity index (χ4v) is 3.28. The van der Waals surface area contributed by atoms with E-state index in [0.29, 0.717) is 4.75 Å². The molecule has 0 saturated heterocycles. The Kier molecular flexibility index (Phi) is 13.2. The summed E-state index contributed by atoms with van der Waals surface area (Å²) < 4.78 is 0.395. The molecule has 0 rings (SSSR count). The summed E-state index contributed by atoms with van der Waals surface area (Å²) in [6, 6.07) is 0.717. The van der Waals surface area contributed by atoms with Gasteiger partial charge >= 0.3 is 0 Å². The molecule has 1 unspecified atom stereocenters. The maximum atomic E-state index is 3.73. The Morgan fingerprint density at radius 1 is 0.850 bits per heavy atom. The van der Waals surface area contributed by atoms with Gasteiger partial charge in [0.15, 0.2) is 0 Å². The lowest BCUT2D eigenvalue weighted by atomic mass is 10.1. The minimum atomic E-state index is 0.395. The van der Waals surface area contributed by atoms with E-state index in [1.807, 2.05) is 0 Å². The lowest BCUT2D eigenvalue weighted by molar-refractivity contribution is 0.481. The summed E-state index contributed by atoms with van der Waals surface area (Å²) in [5, 5.41) is 3.73. The van der Waals surface area contributed by atoms with Gasteiger partial charge in [0.05, 0.1) is 0 Å². The van der Waals surface area contributed by atoms with Gasteiger partial charge in [-0.3, -0.25) is 0 Å². The summed E-state index contributed by atoms with van der Waals surface area (Å²) in [5.74, 6) is 1.26. The Morgan fingerprint density at radius 3 is 2.00 bits per heavy atom. The van der Waals surface area contributed by atoms with E-state index >= 15 is 0 Å². The topological polar surface area (TPSA) is 12.0 Å². The first-order chi connectivity index (χ1) is 9.49. The Balaban J connectivity index is 3.69. The predicted octanol–water partition coefficient (Wildman–Crippen LogP) is 6.03. The van der Waals surface area contributed by atoms with Crippen molar-refractivity contribution in [3.63, 3.8) is 0 Å². The van der Waals surface area contributed by atoms with E-state index in [2.05, 4.69) is 51.7 Å². The lowest BCUT2D eigenvalue weighted by Gasteiger charge is -2.24. The van der Waals surface area contributed by atoms with E-state index < -0.39 is 0 Å². The van der Waals surface area contributed by atoms with Gasteiger partial charge in [-0.05, 0) is 19.4 Å². The van der Waals surface area contributed by atoms with Crippen LogP contribution in [0.1, 0.15) is 92.4 Å². The molecule has 2 heteroatoms. The number of rotatable bonds is 13. The SMILES string of the molecule is CCCCCCCCCC(CSC(C)(C)C)NCCC. The molecule has 122 valence electrons. The van der Waals surface area contributed by atoms with Crippen LogP contribution in [0.4, 0.5) is 0 Å². The minimum Gasteiger partial charge on any atom is -0.313 e. The molecule has 1 N–H and O–H groups in total. The standard InChI is InChI=1S/C18H39NS/c1-6-8-9-10-11-12-13-14-17(19-15-7-2)16-20-18(3,4)5/h17,19H,6-16H2,1-5H3. The van der Waals surface area contributed by atoms with Crippen LogP contribution in [0.3, 0.4) is 0 Å². The fraction of sp³-hybridized carbons (Fsp3) is 1.00. The molecular formula is C18H39NS. The van der Waals surface area contributed by atoms with E-state index in [1.165, 1.54) is 70.1 Å². The maximum Gasteiger partial charge on any atom is 0.0158 e. The molecule has 0 heterocycles. The molecule has 0 aliphatic carbocycles. The molecule has 1 nitrogen and oxygen atoms in total. The van der Waals surface area contributed by atoms with Gasteiger partial charge in [-0.1, -0.05) is 79.6 Å². The van der Waals surface area contributed by atoms with Crippen LogP contribution in [0, 0.1) is 0 Å². The summed E-state index contributed by atoms with van der Waals surface area (Å²) in [4.78, 5) is 0. The monoisotopic (exact) mass is 301 g/mol. The van der Waals surface area contributed by atoms with E-state index in [-0.39, 0.29) is 0 Å². The molecule has 0 aromatic carbocycles. The molecule has 0 aliphatic rings. The molecule has 0 spiro atoms. The highest BCUT2D eigenvalue weighted by molar-refractivity contribution is 8.00. The Bertz CT molecular complexity index is 198. The summed E-state index contributed by atoms with van der Waals surface area (Å²) in [6.07, 6.45) is 12.5. The highest BCUT2D eigenvalue weighted by Crippen LogP contribution is 2.25. The third kappa shape index (κ3) is 14.7. The first kappa shape index (κ1) is 20.3.